The Hall–Kier alpha value is -1.29. The van der Waals surface area contributed by atoms with Gasteiger partial charge in [-0.25, -0.2) is 0 Å². The number of hydrogen-bond donors (Lipinski definition) is 0. The molecular formula is C16H23N. The van der Waals surface area contributed by atoms with Crippen LogP contribution in [0.3, 0.4) is 0 Å². The Morgan fingerprint density at radius 3 is 2.65 bits per heavy atom. The molecule has 0 saturated carbocycles. The van der Waals surface area contributed by atoms with Crippen LogP contribution >= 0.6 is 0 Å². The van der Waals surface area contributed by atoms with Gasteiger partial charge in [0.05, 0.1) is 11.6 Å². The van der Waals surface area contributed by atoms with Gasteiger partial charge >= 0.3 is 0 Å². The molecule has 0 saturated heterocycles. The van der Waals surface area contributed by atoms with E-state index in [-0.39, 0.29) is 0 Å². The summed E-state index contributed by atoms with van der Waals surface area (Å²) in [6.45, 7) is 4.48. The van der Waals surface area contributed by atoms with Crippen LogP contribution in [-0.4, -0.2) is 0 Å². The van der Waals surface area contributed by atoms with E-state index in [1.807, 2.05) is 18.2 Å². The van der Waals surface area contributed by atoms with Crippen molar-refractivity contribution >= 4 is 0 Å². The quantitative estimate of drug-likeness (QED) is 0.602. The fourth-order valence-electron chi connectivity index (χ4n) is 2.29. The van der Waals surface area contributed by atoms with Crippen molar-refractivity contribution in [2.24, 2.45) is 0 Å². The minimum absolute atomic E-state index is 0.625. The average molecular weight is 229 g/mol. The van der Waals surface area contributed by atoms with Crippen molar-refractivity contribution in [2.75, 3.05) is 0 Å². The molecule has 0 amide bonds. The van der Waals surface area contributed by atoms with Crippen LogP contribution in [0.5, 0.6) is 0 Å². The highest BCUT2D eigenvalue weighted by molar-refractivity contribution is 5.34. The highest BCUT2D eigenvalue weighted by atomic mass is 14.2. The van der Waals surface area contributed by atoms with Gasteiger partial charge in [0.15, 0.2) is 0 Å². The first-order valence-corrected chi connectivity index (χ1v) is 6.81. The first-order valence-electron chi connectivity index (χ1n) is 6.81. The second kappa shape index (κ2) is 7.90. The van der Waals surface area contributed by atoms with Crippen molar-refractivity contribution in [1.82, 2.24) is 0 Å². The molecule has 0 spiro atoms. The summed E-state index contributed by atoms with van der Waals surface area (Å²) in [6, 6.07) is 10.3. The van der Waals surface area contributed by atoms with Gasteiger partial charge in [-0.3, -0.25) is 0 Å². The Bertz CT molecular complexity index is 362. The van der Waals surface area contributed by atoms with Crippen molar-refractivity contribution in [2.45, 2.75) is 58.3 Å². The van der Waals surface area contributed by atoms with Crippen molar-refractivity contribution in [1.29, 1.82) is 5.26 Å². The van der Waals surface area contributed by atoms with Gasteiger partial charge in [0.1, 0.15) is 0 Å². The largest absolute Gasteiger partial charge is 0.192 e. The first-order chi connectivity index (χ1) is 8.31. The number of nitriles is 1. The fourth-order valence-corrected chi connectivity index (χ4v) is 2.29. The van der Waals surface area contributed by atoms with Crippen molar-refractivity contribution in [3.8, 4) is 6.07 Å². The second-order valence-electron chi connectivity index (χ2n) is 4.69. The molecule has 1 nitrogen and oxygen atoms in total. The molecule has 92 valence electrons. The SMILES string of the molecule is CCCCCCC(CC)c1cccc(C#N)c1. The van der Waals surface area contributed by atoms with Crippen LogP contribution in [0.25, 0.3) is 0 Å². The Kier molecular flexibility index (Phi) is 6.40. The zero-order chi connectivity index (χ0) is 12.5. The molecule has 0 radical (unpaired) electrons. The van der Waals surface area contributed by atoms with Gasteiger partial charge < -0.3 is 0 Å². The normalized spacial score (nSPS) is 12.1. The lowest BCUT2D eigenvalue weighted by Gasteiger charge is -2.15. The summed E-state index contributed by atoms with van der Waals surface area (Å²) in [5, 5.41) is 8.91. The molecule has 0 aliphatic carbocycles. The van der Waals surface area contributed by atoms with Crippen LogP contribution in [0.1, 0.15) is 69.4 Å². The third-order valence-electron chi connectivity index (χ3n) is 3.39. The summed E-state index contributed by atoms with van der Waals surface area (Å²) in [4.78, 5) is 0. The molecule has 0 aliphatic rings. The van der Waals surface area contributed by atoms with Gasteiger partial charge in [0.2, 0.25) is 0 Å². The standard InChI is InChI=1S/C16H23N/c1-3-5-6-7-10-15(4-2)16-11-8-9-14(12-16)13-17/h8-9,11-12,15H,3-7,10H2,1-2H3. The van der Waals surface area contributed by atoms with E-state index in [0.717, 1.165) is 5.56 Å². The molecule has 1 aromatic carbocycles. The topological polar surface area (TPSA) is 23.8 Å². The molecule has 0 N–H and O–H groups in total. The third-order valence-corrected chi connectivity index (χ3v) is 3.39. The third kappa shape index (κ3) is 4.61. The summed E-state index contributed by atoms with van der Waals surface area (Å²) in [7, 11) is 0. The number of unbranched alkanes of at least 4 members (excludes halogenated alkanes) is 3. The summed E-state index contributed by atoms with van der Waals surface area (Å²) >= 11 is 0. The molecule has 1 atom stereocenters. The zero-order valence-corrected chi connectivity index (χ0v) is 11.1. The predicted molar refractivity (Wildman–Crippen MR) is 72.9 cm³/mol. The van der Waals surface area contributed by atoms with Crippen molar-refractivity contribution in [3.05, 3.63) is 35.4 Å². The number of benzene rings is 1. The number of hydrogen-bond acceptors (Lipinski definition) is 1. The van der Waals surface area contributed by atoms with Crippen LogP contribution in [-0.2, 0) is 0 Å². The molecular weight excluding hydrogens is 206 g/mol. The second-order valence-corrected chi connectivity index (χ2v) is 4.69. The maximum atomic E-state index is 8.91. The van der Waals surface area contributed by atoms with E-state index in [1.54, 1.807) is 0 Å². The lowest BCUT2D eigenvalue weighted by atomic mass is 9.90. The lowest BCUT2D eigenvalue weighted by molar-refractivity contribution is 0.542. The monoisotopic (exact) mass is 229 g/mol. The van der Waals surface area contributed by atoms with Gasteiger partial charge in [-0.2, -0.15) is 5.26 Å². The fraction of sp³-hybridized carbons (Fsp3) is 0.562. The molecule has 0 fully saturated rings. The van der Waals surface area contributed by atoms with E-state index >= 15 is 0 Å². The van der Waals surface area contributed by atoms with Crippen molar-refractivity contribution in [3.63, 3.8) is 0 Å². The van der Waals surface area contributed by atoms with E-state index in [1.165, 1.54) is 44.1 Å². The van der Waals surface area contributed by atoms with E-state index in [9.17, 15) is 0 Å². The molecule has 0 heterocycles. The van der Waals surface area contributed by atoms with E-state index in [2.05, 4.69) is 26.0 Å². The molecule has 0 bridgehead atoms. The van der Waals surface area contributed by atoms with Gasteiger partial charge in [-0.15, -0.1) is 0 Å². The van der Waals surface area contributed by atoms with Gasteiger partial charge in [0.25, 0.3) is 0 Å². The molecule has 17 heavy (non-hydrogen) atoms. The summed E-state index contributed by atoms with van der Waals surface area (Å²) in [5.74, 6) is 0.625. The van der Waals surface area contributed by atoms with Crippen LogP contribution in [0.2, 0.25) is 0 Å². The van der Waals surface area contributed by atoms with Crippen molar-refractivity contribution < 1.29 is 0 Å². The maximum Gasteiger partial charge on any atom is 0.0991 e. The van der Waals surface area contributed by atoms with Gasteiger partial charge in [-0.05, 0) is 36.5 Å². The minimum Gasteiger partial charge on any atom is -0.192 e. The average Bonchev–Trinajstić information content (AvgIpc) is 2.39. The molecule has 1 unspecified atom stereocenters. The lowest BCUT2D eigenvalue weighted by Crippen LogP contribution is -1.98. The Labute approximate surface area is 105 Å². The first kappa shape index (κ1) is 13.8. The highest BCUT2D eigenvalue weighted by Gasteiger charge is 2.09. The molecule has 1 heteroatoms. The molecule has 1 rings (SSSR count). The summed E-state index contributed by atoms with van der Waals surface area (Å²) in [6.07, 6.45) is 7.70. The van der Waals surface area contributed by atoms with E-state index in [0.29, 0.717) is 5.92 Å². The highest BCUT2D eigenvalue weighted by Crippen LogP contribution is 2.26. The Morgan fingerprint density at radius 2 is 2.00 bits per heavy atom. The zero-order valence-electron chi connectivity index (χ0n) is 11.1. The number of rotatable bonds is 7. The van der Waals surface area contributed by atoms with Crippen LogP contribution < -0.4 is 0 Å². The molecule has 0 aromatic heterocycles. The van der Waals surface area contributed by atoms with Gasteiger partial charge in [0, 0.05) is 0 Å². The van der Waals surface area contributed by atoms with Crippen LogP contribution in [0, 0.1) is 11.3 Å². The number of nitrogens with zero attached hydrogens (tertiary/aromatic N) is 1. The van der Waals surface area contributed by atoms with Crippen LogP contribution in [0.4, 0.5) is 0 Å². The summed E-state index contributed by atoms with van der Waals surface area (Å²) in [5.41, 5.74) is 2.12. The van der Waals surface area contributed by atoms with E-state index < -0.39 is 0 Å². The summed E-state index contributed by atoms with van der Waals surface area (Å²) < 4.78 is 0. The van der Waals surface area contributed by atoms with E-state index in [4.69, 9.17) is 5.26 Å². The smallest absolute Gasteiger partial charge is 0.0991 e. The van der Waals surface area contributed by atoms with Crippen LogP contribution in [0.15, 0.2) is 24.3 Å². The predicted octanol–water partition coefficient (Wildman–Crippen LogP) is 5.02. The Morgan fingerprint density at radius 1 is 1.18 bits per heavy atom. The maximum absolute atomic E-state index is 8.91. The molecule has 1 aromatic rings. The minimum atomic E-state index is 0.625. The molecule has 0 aliphatic heterocycles. The Balaban J connectivity index is 2.57. The van der Waals surface area contributed by atoms with Gasteiger partial charge in [-0.1, -0.05) is 51.7 Å².